The highest BCUT2D eigenvalue weighted by molar-refractivity contribution is 5.91. The highest BCUT2D eigenvalue weighted by Gasteiger charge is 2.19. The number of carbonyl (C=O) groups excluding carboxylic acids is 1. The maximum Gasteiger partial charge on any atom is 0.343 e. The quantitative estimate of drug-likeness (QED) is 0.625. The Balaban J connectivity index is 2.36. The van der Waals surface area contributed by atoms with Crippen molar-refractivity contribution in [1.82, 2.24) is 0 Å². The Labute approximate surface area is 123 Å². The summed E-state index contributed by atoms with van der Waals surface area (Å²) in [5.74, 6) is 0.987. The van der Waals surface area contributed by atoms with E-state index in [1.54, 1.807) is 36.4 Å². The van der Waals surface area contributed by atoms with Crippen molar-refractivity contribution in [1.29, 1.82) is 0 Å². The molecule has 5 heteroatoms. The first kappa shape index (κ1) is 14.7. The first-order chi connectivity index (χ1) is 10.2. The molecule has 0 saturated heterocycles. The van der Waals surface area contributed by atoms with Crippen LogP contribution in [0.5, 0.6) is 23.0 Å². The third kappa shape index (κ3) is 3.25. The predicted molar refractivity (Wildman–Crippen MR) is 77.5 cm³/mol. The Morgan fingerprint density at radius 1 is 0.857 bits per heavy atom. The molecule has 2 aromatic rings. The third-order valence-electron chi connectivity index (χ3n) is 2.87. The van der Waals surface area contributed by atoms with Gasteiger partial charge in [-0.05, 0) is 12.1 Å². The van der Waals surface area contributed by atoms with Crippen molar-refractivity contribution in [2.24, 2.45) is 0 Å². The van der Waals surface area contributed by atoms with Gasteiger partial charge in [0.25, 0.3) is 0 Å². The SMILES string of the molecule is COc1cc(OC)c(OC(=O)c2ccccc2)c(OC)c1. The first-order valence-electron chi connectivity index (χ1n) is 6.26. The molecule has 110 valence electrons. The molecule has 0 bridgehead atoms. The fraction of sp³-hybridized carbons (Fsp3) is 0.188. The summed E-state index contributed by atoms with van der Waals surface area (Å²) in [6.07, 6.45) is 0. The molecular weight excluding hydrogens is 272 g/mol. The largest absolute Gasteiger partial charge is 0.496 e. The Hall–Kier alpha value is -2.69. The van der Waals surface area contributed by atoms with Crippen LogP contribution in [-0.4, -0.2) is 27.3 Å². The average molecular weight is 288 g/mol. The Morgan fingerprint density at radius 2 is 1.43 bits per heavy atom. The molecule has 5 nitrogen and oxygen atoms in total. The lowest BCUT2D eigenvalue weighted by molar-refractivity contribution is 0.0724. The molecule has 0 aromatic heterocycles. The summed E-state index contributed by atoms with van der Waals surface area (Å²) < 4.78 is 21.0. The van der Waals surface area contributed by atoms with E-state index in [4.69, 9.17) is 18.9 Å². The molecule has 0 heterocycles. The van der Waals surface area contributed by atoms with E-state index >= 15 is 0 Å². The highest BCUT2D eigenvalue weighted by atomic mass is 16.6. The van der Waals surface area contributed by atoms with Gasteiger partial charge in [0.15, 0.2) is 11.5 Å². The monoisotopic (exact) mass is 288 g/mol. The molecule has 0 amide bonds. The van der Waals surface area contributed by atoms with Crippen LogP contribution in [0.1, 0.15) is 10.4 Å². The van der Waals surface area contributed by atoms with Gasteiger partial charge in [-0.3, -0.25) is 0 Å². The molecule has 0 fully saturated rings. The van der Waals surface area contributed by atoms with E-state index in [-0.39, 0.29) is 5.75 Å². The third-order valence-corrected chi connectivity index (χ3v) is 2.87. The van der Waals surface area contributed by atoms with Crippen LogP contribution >= 0.6 is 0 Å². The molecule has 2 aromatic carbocycles. The van der Waals surface area contributed by atoms with E-state index in [9.17, 15) is 4.79 Å². The Morgan fingerprint density at radius 3 is 1.90 bits per heavy atom. The predicted octanol–water partition coefficient (Wildman–Crippen LogP) is 2.93. The van der Waals surface area contributed by atoms with Crippen LogP contribution in [0.4, 0.5) is 0 Å². The molecule has 0 aliphatic heterocycles. The number of hydrogen-bond acceptors (Lipinski definition) is 5. The van der Waals surface area contributed by atoms with Crippen molar-refractivity contribution >= 4 is 5.97 Å². The van der Waals surface area contributed by atoms with Crippen LogP contribution in [0, 0.1) is 0 Å². The maximum absolute atomic E-state index is 12.1. The molecular formula is C16H16O5. The molecule has 0 unspecified atom stereocenters. The van der Waals surface area contributed by atoms with E-state index in [2.05, 4.69) is 0 Å². The highest BCUT2D eigenvalue weighted by Crippen LogP contribution is 2.41. The molecule has 0 spiro atoms. The van der Waals surface area contributed by atoms with E-state index in [1.807, 2.05) is 6.07 Å². The van der Waals surface area contributed by atoms with Crippen LogP contribution < -0.4 is 18.9 Å². The number of carbonyl (C=O) groups is 1. The number of rotatable bonds is 5. The van der Waals surface area contributed by atoms with E-state index in [0.717, 1.165) is 0 Å². The number of benzene rings is 2. The molecule has 0 atom stereocenters. The van der Waals surface area contributed by atoms with Gasteiger partial charge in [0, 0.05) is 12.1 Å². The van der Waals surface area contributed by atoms with Gasteiger partial charge < -0.3 is 18.9 Å². The summed E-state index contributed by atoms with van der Waals surface area (Å²) in [4.78, 5) is 12.1. The van der Waals surface area contributed by atoms with E-state index in [1.165, 1.54) is 21.3 Å². The van der Waals surface area contributed by atoms with Crippen molar-refractivity contribution in [2.75, 3.05) is 21.3 Å². The number of esters is 1. The van der Waals surface area contributed by atoms with E-state index in [0.29, 0.717) is 22.8 Å². The Kier molecular flexibility index (Phi) is 4.66. The fourth-order valence-electron chi connectivity index (χ4n) is 1.80. The number of ether oxygens (including phenoxy) is 4. The second-order valence-electron chi connectivity index (χ2n) is 4.12. The molecule has 0 aliphatic carbocycles. The number of methoxy groups -OCH3 is 3. The van der Waals surface area contributed by atoms with Crippen LogP contribution in [-0.2, 0) is 0 Å². The number of hydrogen-bond donors (Lipinski definition) is 0. The second-order valence-corrected chi connectivity index (χ2v) is 4.12. The zero-order valence-corrected chi connectivity index (χ0v) is 12.1. The van der Waals surface area contributed by atoms with Crippen molar-refractivity contribution in [3.05, 3.63) is 48.0 Å². The minimum Gasteiger partial charge on any atom is -0.496 e. The topological polar surface area (TPSA) is 54.0 Å². The molecule has 0 N–H and O–H groups in total. The van der Waals surface area contributed by atoms with Gasteiger partial charge in [-0.15, -0.1) is 0 Å². The maximum atomic E-state index is 12.1. The fourth-order valence-corrected chi connectivity index (χ4v) is 1.80. The lowest BCUT2D eigenvalue weighted by Crippen LogP contribution is -2.10. The zero-order valence-electron chi connectivity index (χ0n) is 12.1. The normalized spacial score (nSPS) is 9.86. The molecule has 21 heavy (non-hydrogen) atoms. The van der Waals surface area contributed by atoms with E-state index < -0.39 is 5.97 Å². The van der Waals surface area contributed by atoms with Crippen molar-refractivity contribution in [3.8, 4) is 23.0 Å². The van der Waals surface area contributed by atoms with Crippen LogP contribution in [0.2, 0.25) is 0 Å². The first-order valence-corrected chi connectivity index (χ1v) is 6.26. The summed E-state index contributed by atoms with van der Waals surface area (Å²) in [5, 5.41) is 0. The van der Waals surface area contributed by atoms with Crippen LogP contribution in [0.15, 0.2) is 42.5 Å². The minimum atomic E-state index is -0.489. The molecule has 2 rings (SSSR count). The Bertz CT molecular complexity index is 597. The summed E-state index contributed by atoms with van der Waals surface area (Å²) in [5.41, 5.74) is 0.442. The lowest BCUT2D eigenvalue weighted by Gasteiger charge is -2.14. The van der Waals surface area contributed by atoms with Gasteiger partial charge in [-0.25, -0.2) is 4.79 Å². The molecule has 0 aliphatic rings. The molecule has 0 saturated carbocycles. The van der Waals surface area contributed by atoms with Gasteiger partial charge in [-0.1, -0.05) is 18.2 Å². The van der Waals surface area contributed by atoms with Gasteiger partial charge >= 0.3 is 5.97 Å². The van der Waals surface area contributed by atoms with Gasteiger partial charge in [0.1, 0.15) is 5.75 Å². The van der Waals surface area contributed by atoms with Gasteiger partial charge in [-0.2, -0.15) is 0 Å². The standard InChI is InChI=1S/C16H16O5/c1-18-12-9-13(19-2)15(14(10-12)20-3)21-16(17)11-7-5-4-6-8-11/h4-10H,1-3H3. The van der Waals surface area contributed by atoms with Gasteiger partial charge in [0.05, 0.1) is 26.9 Å². The zero-order chi connectivity index (χ0) is 15.2. The summed E-state index contributed by atoms with van der Waals surface area (Å²) in [6.45, 7) is 0. The summed E-state index contributed by atoms with van der Waals surface area (Å²) in [6, 6.07) is 11.9. The molecule has 0 radical (unpaired) electrons. The van der Waals surface area contributed by atoms with Crippen molar-refractivity contribution < 1.29 is 23.7 Å². The lowest BCUT2D eigenvalue weighted by atomic mass is 10.2. The van der Waals surface area contributed by atoms with Crippen LogP contribution in [0.25, 0.3) is 0 Å². The smallest absolute Gasteiger partial charge is 0.343 e. The second kappa shape index (κ2) is 6.65. The minimum absolute atomic E-state index is 0.217. The van der Waals surface area contributed by atoms with Crippen LogP contribution in [0.3, 0.4) is 0 Å². The van der Waals surface area contributed by atoms with Crippen molar-refractivity contribution in [2.45, 2.75) is 0 Å². The average Bonchev–Trinajstić information content (AvgIpc) is 2.55. The summed E-state index contributed by atoms with van der Waals surface area (Å²) >= 11 is 0. The van der Waals surface area contributed by atoms with Crippen molar-refractivity contribution in [3.63, 3.8) is 0 Å². The summed E-state index contributed by atoms with van der Waals surface area (Å²) in [7, 11) is 4.49. The van der Waals surface area contributed by atoms with Gasteiger partial charge in [0.2, 0.25) is 5.75 Å².